The lowest BCUT2D eigenvalue weighted by Crippen LogP contribution is -2.41. The van der Waals surface area contributed by atoms with E-state index in [4.69, 9.17) is 17.3 Å². The van der Waals surface area contributed by atoms with Crippen LogP contribution in [0.15, 0.2) is 24.3 Å². The van der Waals surface area contributed by atoms with Gasteiger partial charge >= 0.3 is 0 Å². The highest BCUT2D eigenvalue weighted by atomic mass is 35.5. The third-order valence-electron chi connectivity index (χ3n) is 3.55. The van der Waals surface area contributed by atoms with Gasteiger partial charge in [0.15, 0.2) is 0 Å². The van der Waals surface area contributed by atoms with E-state index in [1.54, 1.807) is 0 Å². The van der Waals surface area contributed by atoms with Gasteiger partial charge in [0.05, 0.1) is 5.92 Å². The van der Waals surface area contributed by atoms with Crippen LogP contribution in [0.1, 0.15) is 24.3 Å². The number of halogens is 1. The van der Waals surface area contributed by atoms with Gasteiger partial charge in [-0.25, -0.2) is 0 Å². The SMILES string of the molecule is NC1CCN(CC(C=O)c2ccc(Cl)cc2)CC1. The van der Waals surface area contributed by atoms with E-state index in [0.717, 1.165) is 44.3 Å². The predicted molar refractivity (Wildman–Crippen MR) is 73.9 cm³/mol. The van der Waals surface area contributed by atoms with Gasteiger partial charge in [-0.3, -0.25) is 0 Å². The van der Waals surface area contributed by atoms with E-state index >= 15 is 0 Å². The highest BCUT2D eigenvalue weighted by molar-refractivity contribution is 6.30. The molecular formula is C14H19ClN2O. The minimum atomic E-state index is -0.0726. The molecule has 0 radical (unpaired) electrons. The van der Waals surface area contributed by atoms with Crippen molar-refractivity contribution in [2.75, 3.05) is 19.6 Å². The number of nitrogens with zero attached hydrogens (tertiary/aromatic N) is 1. The molecule has 1 fully saturated rings. The molecule has 1 aliphatic rings. The highest BCUT2D eigenvalue weighted by Crippen LogP contribution is 2.19. The third kappa shape index (κ3) is 3.55. The highest BCUT2D eigenvalue weighted by Gasteiger charge is 2.20. The molecule has 0 bridgehead atoms. The van der Waals surface area contributed by atoms with Crippen LogP contribution < -0.4 is 5.73 Å². The maximum atomic E-state index is 11.2. The van der Waals surface area contributed by atoms with Crippen LogP contribution >= 0.6 is 11.6 Å². The van der Waals surface area contributed by atoms with E-state index < -0.39 is 0 Å². The average Bonchev–Trinajstić information content (AvgIpc) is 2.39. The van der Waals surface area contributed by atoms with Crippen molar-refractivity contribution in [3.05, 3.63) is 34.9 Å². The van der Waals surface area contributed by atoms with Crippen molar-refractivity contribution in [1.82, 2.24) is 4.90 Å². The largest absolute Gasteiger partial charge is 0.328 e. The maximum absolute atomic E-state index is 11.2. The number of aldehydes is 1. The summed E-state index contributed by atoms with van der Waals surface area (Å²) in [5.41, 5.74) is 6.91. The molecule has 98 valence electrons. The average molecular weight is 267 g/mol. The Morgan fingerprint density at radius 2 is 1.94 bits per heavy atom. The fourth-order valence-electron chi connectivity index (χ4n) is 2.35. The van der Waals surface area contributed by atoms with E-state index in [2.05, 4.69) is 4.90 Å². The monoisotopic (exact) mass is 266 g/mol. The number of benzene rings is 1. The molecule has 1 atom stereocenters. The molecule has 0 aliphatic carbocycles. The molecule has 1 aromatic carbocycles. The normalized spacial score (nSPS) is 19.7. The van der Waals surface area contributed by atoms with Crippen molar-refractivity contribution >= 4 is 17.9 Å². The quantitative estimate of drug-likeness (QED) is 0.849. The van der Waals surface area contributed by atoms with Gasteiger partial charge in [0.25, 0.3) is 0 Å². The Morgan fingerprint density at radius 3 is 2.50 bits per heavy atom. The van der Waals surface area contributed by atoms with E-state index in [1.165, 1.54) is 0 Å². The molecule has 1 aliphatic heterocycles. The summed E-state index contributed by atoms with van der Waals surface area (Å²) < 4.78 is 0. The Balaban J connectivity index is 1.97. The van der Waals surface area contributed by atoms with Crippen molar-refractivity contribution in [3.63, 3.8) is 0 Å². The molecule has 1 unspecified atom stereocenters. The third-order valence-corrected chi connectivity index (χ3v) is 3.80. The molecule has 2 N–H and O–H groups in total. The van der Waals surface area contributed by atoms with E-state index in [-0.39, 0.29) is 5.92 Å². The lowest BCUT2D eigenvalue weighted by molar-refractivity contribution is -0.109. The zero-order chi connectivity index (χ0) is 13.0. The van der Waals surface area contributed by atoms with Crippen molar-refractivity contribution in [2.45, 2.75) is 24.8 Å². The van der Waals surface area contributed by atoms with Crippen LogP contribution in [0.25, 0.3) is 0 Å². The number of carbonyl (C=O) groups is 1. The number of carbonyl (C=O) groups excluding carboxylic acids is 1. The first kappa shape index (κ1) is 13.5. The van der Waals surface area contributed by atoms with Gasteiger partial charge in [0.1, 0.15) is 6.29 Å². The zero-order valence-corrected chi connectivity index (χ0v) is 11.1. The number of likely N-dealkylation sites (tertiary alicyclic amines) is 1. The molecule has 0 spiro atoms. The summed E-state index contributed by atoms with van der Waals surface area (Å²) in [4.78, 5) is 13.6. The van der Waals surface area contributed by atoms with Crippen LogP contribution in [-0.2, 0) is 4.79 Å². The fourth-order valence-corrected chi connectivity index (χ4v) is 2.48. The van der Waals surface area contributed by atoms with E-state index in [9.17, 15) is 4.79 Å². The predicted octanol–water partition coefficient (Wildman–Crippen LogP) is 2.05. The first-order valence-corrected chi connectivity index (χ1v) is 6.75. The molecule has 1 heterocycles. The molecule has 0 saturated carbocycles. The molecule has 4 heteroatoms. The first-order valence-electron chi connectivity index (χ1n) is 6.37. The van der Waals surface area contributed by atoms with Crippen molar-refractivity contribution < 1.29 is 4.79 Å². The van der Waals surface area contributed by atoms with Crippen LogP contribution in [0.3, 0.4) is 0 Å². The summed E-state index contributed by atoms with van der Waals surface area (Å²) in [6.07, 6.45) is 3.07. The summed E-state index contributed by atoms with van der Waals surface area (Å²) in [5, 5.41) is 0.701. The van der Waals surface area contributed by atoms with Gasteiger partial charge in [-0.15, -0.1) is 0 Å². The van der Waals surface area contributed by atoms with Crippen LogP contribution in [0.5, 0.6) is 0 Å². The topological polar surface area (TPSA) is 46.3 Å². The van der Waals surface area contributed by atoms with Crippen LogP contribution in [-0.4, -0.2) is 36.9 Å². The lowest BCUT2D eigenvalue weighted by atomic mass is 9.98. The van der Waals surface area contributed by atoms with Crippen LogP contribution in [0.4, 0.5) is 0 Å². The molecule has 1 aromatic rings. The standard InChI is InChI=1S/C14H19ClN2O/c15-13-3-1-11(2-4-13)12(10-18)9-17-7-5-14(16)6-8-17/h1-4,10,12,14H,5-9,16H2. The number of nitrogens with two attached hydrogens (primary N) is 1. The lowest BCUT2D eigenvalue weighted by Gasteiger charge is -2.31. The second-order valence-corrected chi connectivity index (χ2v) is 5.37. The second kappa shape index (κ2) is 6.32. The maximum Gasteiger partial charge on any atom is 0.128 e. The minimum Gasteiger partial charge on any atom is -0.328 e. The number of hydrogen-bond acceptors (Lipinski definition) is 3. The van der Waals surface area contributed by atoms with Crippen molar-refractivity contribution in [1.29, 1.82) is 0 Å². The summed E-state index contributed by atoms with van der Waals surface area (Å²) in [6, 6.07) is 7.85. The summed E-state index contributed by atoms with van der Waals surface area (Å²) in [7, 11) is 0. The van der Waals surface area contributed by atoms with Crippen molar-refractivity contribution in [3.8, 4) is 0 Å². The zero-order valence-electron chi connectivity index (χ0n) is 10.4. The van der Waals surface area contributed by atoms with E-state index in [0.29, 0.717) is 11.1 Å². The minimum absolute atomic E-state index is 0.0726. The second-order valence-electron chi connectivity index (χ2n) is 4.93. The molecule has 1 saturated heterocycles. The van der Waals surface area contributed by atoms with E-state index in [1.807, 2.05) is 24.3 Å². The van der Waals surface area contributed by atoms with Gasteiger partial charge in [0.2, 0.25) is 0 Å². The first-order chi connectivity index (χ1) is 8.69. The van der Waals surface area contributed by atoms with Gasteiger partial charge in [0, 0.05) is 17.6 Å². The summed E-state index contributed by atoms with van der Waals surface area (Å²) in [6.45, 7) is 2.75. The van der Waals surface area contributed by atoms with Crippen molar-refractivity contribution in [2.24, 2.45) is 5.73 Å². The molecular weight excluding hydrogens is 248 g/mol. The fraction of sp³-hybridized carbons (Fsp3) is 0.500. The Hall–Kier alpha value is -0.900. The van der Waals surface area contributed by atoms with Gasteiger partial charge in [-0.05, 0) is 43.6 Å². The molecule has 3 nitrogen and oxygen atoms in total. The Labute approximate surface area is 113 Å². The summed E-state index contributed by atoms with van der Waals surface area (Å²) >= 11 is 5.85. The molecule has 18 heavy (non-hydrogen) atoms. The molecule has 0 aromatic heterocycles. The molecule has 0 amide bonds. The summed E-state index contributed by atoms with van der Waals surface area (Å²) in [5.74, 6) is -0.0726. The number of piperidine rings is 1. The Morgan fingerprint density at radius 1 is 1.33 bits per heavy atom. The Kier molecular flexibility index (Phi) is 4.75. The van der Waals surface area contributed by atoms with Gasteiger partial charge < -0.3 is 15.4 Å². The van der Waals surface area contributed by atoms with Gasteiger partial charge in [-0.1, -0.05) is 23.7 Å². The number of rotatable bonds is 4. The van der Waals surface area contributed by atoms with Crippen LogP contribution in [0.2, 0.25) is 5.02 Å². The Bertz CT molecular complexity index is 385. The smallest absolute Gasteiger partial charge is 0.128 e. The van der Waals surface area contributed by atoms with Gasteiger partial charge in [-0.2, -0.15) is 0 Å². The van der Waals surface area contributed by atoms with Crippen LogP contribution in [0, 0.1) is 0 Å². The number of hydrogen-bond donors (Lipinski definition) is 1. The molecule has 2 rings (SSSR count).